The summed E-state index contributed by atoms with van der Waals surface area (Å²) in [5.41, 5.74) is 3.79. The number of allylic oxidation sites excluding steroid dienone is 4. The number of nitrogens with one attached hydrogen (secondary N) is 2. The van der Waals surface area contributed by atoms with Crippen LogP contribution < -0.4 is 10.6 Å². The molecule has 9 nitrogen and oxygen atoms in total. The van der Waals surface area contributed by atoms with Crippen molar-refractivity contribution in [3.63, 3.8) is 0 Å². The Kier molecular flexibility index (Phi) is 11.8. The fraction of sp³-hybridized carbons (Fsp3) is 0.567. The molecule has 3 aliphatic heterocycles. The Hall–Kier alpha value is -3.14. The fourth-order valence-electron chi connectivity index (χ4n) is 5.26. The van der Waals surface area contributed by atoms with Crippen molar-refractivity contribution in [3.05, 3.63) is 59.0 Å². The first kappa shape index (κ1) is 31.4. The van der Waals surface area contributed by atoms with E-state index in [1.165, 1.54) is 0 Å². The molecule has 0 aromatic carbocycles. The van der Waals surface area contributed by atoms with Gasteiger partial charge in [0.25, 0.3) is 0 Å². The Balaban J connectivity index is 1.79. The zero-order valence-electron chi connectivity index (χ0n) is 24.9. The van der Waals surface area contributed by atoms with E-state index in [4.69, 9.17) is 4.99 Å². The molecule has 0 aliphatic carbocycles. The number of nitrogens with zero attached hydrogens (tertiary/aromatic N) is 5. The van der Waals surface area contributed by atoms with Gasteiger partial charge in [-0.05, 0) is 44.3 Å². The molecular formula is C30H47N7O2S. The highest BCUT2D eigenvalue weighted by Crippen LogP contribution is 2.26. The SMILES string of the molecule is C=CC1=C(/C=C\C)C(CCN(C=NC2=C(C(=NC)N[C@H]3CCC(=C)N(C)C3)S(=O)CC2)CCCC)N(C)C(=O)N1. The van der Waals surface area contributed by atoms with E-state index in [9.17, 15) is 9.00 Å². The number of unbranched alkanes of at least 4 members (excludes halogenated alkanes) is 1. The van der Waals surface area contributed by atoms with Crippen LogP contribution in [-0.4, -0.2) is 95.7 Å². The summed E-state index contributed by atoms with van der Waals surface area (Å²) >= 11 is 0. The first-order valence-electron chi connectivity index (χ1n) is 14.3. The minimum absolute atomic E-state index is 0.0722. The molecule has 2 N–H and O–H groups in total. The van der Waals surface area contributed by atoms with Crippen LogP contribution in [0, 0.1) is 0 Å². The maximum atomic E-state index is 13.1. The van der Waals surface area contributed by atoms with E-state index in [0.717, 1.165) is 79.3 Å². The van der Waals surface area contributed by atoms with Crippen molar-refractivity contribution >= 4 is 29.0 Å². The van der Waals surface area contributed by atoms with Gasteiger partial charge in [-0.2, -0.15) is 0 Å². The summed E-state index contributed by atoms with van der Waals surface area (Å²) in [6, 6.07) is 0.0182. The third kappa shape index (κ3) is 7.74. The second-order valence-electron chi connectivity index (χ2n) is 10.5. The van der Waals surface area contributed by atoms with Crippen LogP contribution in [0.2, 0.25) is 0 Å². The van der Waals surface area contributed by atoms with Gasteiger partial charge in [-0.1, -0.05) is 38.7 Å². The standard InChI is InChI=1S/C30H47N7O2S/c1-8-11-17-37(18-15-27-24(12-9-2)25(10-3)34-30(38)36(27)7)21-32-26-16-19-40(39)28(26)29(31-5)33-23-14-13-22(4)35(6)20-23/h9-10,12,21,23,27H,3-4,8,11,13-20H2,1-2,5-7H3,(H,31,33)(H,34,38)/b12-9-,32-21?/t23-,27?,40?/m0/s1. The summed E-state index contributed by atoms with van der Waals surface area (Å²) in [5, 5.41) is 6.47. The van der Waals surface area contributed by atoms with E-state index in [1.54, 1.807) is 18.0 Å². The van der Waals surface area contributed by atoms with Gasteiger partial charge in [-0.25, -0.2) is 9.79 Å². The lowest BCUT2D eigenvalue weighted by Crippen LogP contribution is -2.50. The van der Waals surface area contributed by atoms with E-state index < -0.39 is 10.8 Å². The number of aliphatic imine (C=N–C) groups is 2. The highest BCUT2D eigenvalue weighted by molar-refractivity contribution is 7.90. The van der Waals surface area contributed by atoms with Crippen molar-refractivity contribution in [1.82, 2.24) is 25.3 Å². The zero-order chi connectivity index (χ0) is 29.2. The molecule has 0 bridgehead atoms. The Morgan fingerprint density at radius 1 is 1.30 bits per heavy atom. The lowest BCUT2D eigenvalue weighted by atomic mass is 9.97. The molecule has 10 heteroatoms. The van der Waals surface area contributed by atoms with Gasteiger partial charge >= 0.3 is 6.03 Å². The predicted octanol–water partition coefficient (Wildman–Crippen LogP) is 4.14. The molecule has 3 heterocycles. The Morgan fingerprint density at radius 3 is 2.73 bits per heavy atom. The van der Waals surface area contributed by atoms with Crippen LogP contribution in [0.1, 0.15) is 52.4 Å². The summed E-state index contributed by atoms with van der Waals surface area (Å²) in [4.78, 5) is 28.8. The second kappa shape index (κ2) is 15.0. The summed E-state index contributed by atoms with van der Waals surface area (Å²) in [6.07, 6.45) is 13.0. The van der Waals surface area contributed by atoms with E-state index >= 15 is 0 Å². The predicted molar refractivity (Wildman–Crippen MR) is 168 cm³/mol. The van der Waals surface area contributed by atoms with Gasteiger partial charge in [0.05, 0.1) is 28.9 Å². The minimum atomic E-state index is -1.14. The lowest BCUT2D eigenvalue weighted by Gasteiger charge is -2.36. The van der Waals surface area contributed by atoms with Gasteiger partial charge in [0, 0.05) is 70.4 Å². The third-order valence-electron chi connectivity index (χ3n) is 7.72. The maximum Gasteiger partial charge on any atom is 0.322 e. The number of likely N-dealkylation sites (N-methyl/N-ethyl adjacent to an activating group) is 2. The summed E-state index contributed by atoms with van der Waals surface area (Å²) in [6.45, 7) is 14.6. The number of carbonyl (C=O) groups is 1. The molecule has 2 amide bonds. The van der Waals surface area contributed by atoms with Gasteiger partial charge in [0.15, 0.2) is 0 Å². The number of amides is 2. The molecule has 3 atom stereocenters. The average Bonchev–Trinajstić information content (AvgIpc) is 3.31. The number of rotatable bonds is 12. The molecule has 3 rings (SSSR count). The van der Waals surface area contributed by atoms with Gasteiger partial charge < -0.3 is 25.3 Å². The quantitative estimate of drug-likeness (QED) is 0.272. The number of carbonyl (C=O) groups excluding carboxylic acids is 1. The minimum Gasteiger partial charge on any atom is -0.376 e. The normalized spacial score (nSPS) is 24.5. The van der Waals surface area contributed by atoms with Crippen LogP contribution >= 0.6 is 0 Å². The topological polar surface area (TPSA) is 92.6 Å². The summed E-state index contributed by atoms with van der Waals surface area (Å²) in [5.74, 6) is 1.24. The number of likely N-dealkylation sites (tertiary alicyclic amines) is 1. The molecule has 0 radical (unpaired) electrons. The molecule has 0 saturated carbocycles. The number of hydrogen-bond donors (Lipinski definition) is 2. The van der Waals surface area contributed by atoms with Crippen LogP contribution in [0.4, 0.5) is 4.79 Å². The van der Waals surface area contributed by atoms with Crippen LogP contribution in [0.15, 0.2) is 68.9 Å². The molecule has 40 heavy (non-hydrogen) atoms. The molecule has 1 fully saturated rings. The highest BCUT2D eigenvalue weighted by Gasteiger charge is 2.31. The molecule has 0 spiro atoms. The van der Waals surface area contributed by atoms with Crippen LogP contribution in [0.3, 0.4) is 0 Å². The molecule has 0 aromatic heterocycles. The number of piperidine rings is 1. The molecule has 220 valence electrons. The average molecular weight is 570 g/mol. The van der Waals surface area contributed by atoms with E-state index in [0.29, 0.717) is 18.0 Å². The Morgan fingerprint density at radius 2 is 2.08 bits per heavy atom. The molecule has 0 aromatic rings. The lowest BCUT2D eigenvalue weighted by molar-refractivity contribution is 0.190. The first-order chi connectivity index (χ1) is 19.2. The van der Waals surface area contributed by atoms with E-state index in [1.807, 2.05) is 32.5 Å². The van der Waals surface area contributed by atoms with E-state index in [-0.39, 0.29) is 18.1 Å². The summed E-state index contributed by atoms with van der Waals surface area (Å²) < 4.78 is 13.1. The van der Waals surface area contributed by atoms with Gasteiger partial charge in [-0.3, -0.25) is 9.20 Å². The molecule has 1 saturated heterocycles. The highest BCUT2D eigenvalue weighted by atomic mass is 32.2. The Labute approximate surface area is 243 Å². The van der Waals surface area contributed by atoms with Crippen molar-refractivity contribution < 1.29 is 9.00 Å². The molecule has 3 aliphatic rings. The largest absolute Gasteiger partial charge is 0.376 e. The monoisotopic (exact) mass is 569 g/mol. The maximum absolute atomic E-state index is 13.1. The summed E-state index contributed by atoms with van der Waals surface area (Å²) in [7, 11) is 4.49. The van der Waals surface area contributed by atoms with Gasteiger partial charge in [0.2, 0.25) is 0 Å². The van der Waals surface area contributed by atoms with Gasteiger partial charge in [0.1, 0.15) is 10.7 Å². The van der Waals surface area contributed by atoms with Crippen molar-refractivity contribution in [2.75, 3.05) is 46.5 Å². The Bertz CT molecular complexity index is 1140. The smallest absolute Gasteiger partial charge is 0.322 e. The van der Waals surface area contributed by atoms with Crippen LogP contribution in [0.5, 0.6) is 0 Å². The van der Waals surface area contributed by atoms with Crippen molar-refractivity contribution in [2.24, 2.45) is 9.98 Å². The first-order valence-corrected chi connectivity index (χ1v) is 15.6. The molecular weight excluding hydrogens is 522 g/mol. The zero-order valence-corrected chi connectivity index (χ0v) is 25.7. The van der Waals surface area contributed by atoms with Crippen LogP contribution in [-0.2, 0) is 10.8 Å². The van der Waals surface area contributed by atoms with Crippen molar-refractivity contribution in [1.29, 1.82) is 0 Å². The van der Waals surface area contributed by atoms with Crippen LogP contribution in [0.25, 0.3) is 0 Å². The fourth-order valence-corrected chi connectivity index (χ4v) is 6.63. The van der Waals surface area contributed by atoms with Crippen molar-refractivity contribution in [2.45, 2.75) is 64.5 Å². The number of urea groups is 1. The molecule has 2 unspecified atom stereocenters. The second-order valence-corrected chi connectivity index (χ2v) is 12.0. The number of amidine groups is 1. The van der Waals surface area contributed by atoms with Gasteiger partial charge in [-0.15, -0.1) is 0 Å². The van der Waals surface area contributed by atoms with E-state index in [2.05, 4.69) is 52.6 Å². The van der Waals surface area contributed by atoms with Crippen molar-refractivity contribution in [3.8, 4) is 0 Å². The third-order valence-corrected chi connectivity index (χ3v) is 9.18. The number of hydrogen-bond acceptors (Lipinski definition) is 5.